The van der Waals surface area contributed by atoms with Crippen LogP contribution in [0.1, 0.15) is 80.8 Å². The van der Waals surface area contributed by atoms with Gasteiger partial charge >= 0.3 is 0 Å². The molecule has 0 radical (unpaired) electrons. The van der Waals surface area contributed by atoms with E-state index in [4.69, 9.17) is 0 Å². The maximum atomic E-state index is 12.4. The third-order valence-electron chi connectivity index (χ3n) is 8.63. The second-order valence-electron chi connectivity index (χ2n) is 12.9. The van der Waals surface area contributed by atoms with Gasteiger partial charge < -0.3 is 10.2 Å². The molecular formula is C37H43NO2. The Morgan fingerprint density at radius 3 is 1.60 bits per heavy atom. The van der Waals surface area contributed by atoms with E-state index in [0.717, 1.165) is 47.2 Å². The van der Waals surface area contributed by atoms with Crippen LogP contribution in [-0.2, 0) is 17.4 Å². The molecule has 1 aliphatic heterocycles. The Bertz CT molecular complexity index is 1320. The Labute approximate surface area is 240 Å². The summed E-state index contributed by atoms with van der Waals surface area (Å²) in [5.74, 6) is 0.325. The molecule has 3 nitrogen and oxygen atoms in total. The summed E-state index contributed by atoms with van der Waals surface area (Å²) in [5.41, 5.74) is 4.63. The van der Waals surface area contributed by atoms with Crippen molar-refractivity contribution in [2.24, 2.45) is 0 Å². The van der Waals surface area contributed by atoms with Crippen LogP contribution in [-0.4, -0.2) is 33.3 Å². The van der Waals surface area contributed by atoms with Gasteiger partial charge in [0.15, 0.2) is 0 Å². The summed E-state index contributed by atoms with van der Waals surface area (Å²) in [4.78, 5) is 2.35. The van der Waals surface area contributed by atoms with E-state index in [-0.39, 0.29) is 11.5 Å². The fourth-order valence-electron chi connectivity index (χ4n) is 6.60. The van der Waals surface area contributed by atoms with Gasteiger partial charge in [-0.2, -0.15) is 0 Å². The maximum absolute atomic E-state index is 12.4. The third kappa shape index (κ3) is 5.21. The molecule has 0 bridgehead atoms. The van der Waals surface area contributed by atoms with Gasteiger partial charge in [0, 0.05) is 23.7 Å². The summed E-state index contributed by atoms with van der Waals surface area (Å²) in [6, 6.07) is 36.1. The molecule has 0 aliphatic carbocycles. The van der Waals surface area contributed by atoms with Gasteiger partial charge in [-0.25, -0.2) is 0 Å². The van der Waals surface area contributed by atoms with Crippen molar-refractivity contribution in [3.05, 3.63) is 137 Å². The van der Waals surface area contributed by atoms with Crippen molar-refractivity contribution in [2.75, 3.05) is 6.54 Å². The molecule has 1 aliphatic rings. The fourth-order valence-corrected chi connectivity index (χ4v) is 6.60. The molecule has 1 heterocycles. The summed E-state index contributed by atoms with van der Waals surface area (Å²) in [6.07, 6.45) is 2.00. The lowest BCUT2D eigenvalue weighted by Gasteiger charge is -2.39. The molecule has 0 saturated carbocycles. The van der Waals surface area contributed by atoms with E-state index < -0.39 is 11.0 Å². The van der Waals surface area contributed by atoms with Crippen LogP contribution in [0.2, 0.25) is 0 Å². The van der Waals surface area contributed by atoms with Gasteiger partial charge in [-0.3, -0.25) is 4.90 Å². The minimum atomic E-state index is -0.807. The molecule has 4 aromatic carbocycles. The Morgan fingerprint density at radius 1 is 0.700 bits per heavy atom. The predicted octanol–water partition coefficient (Wildman–Crippen LogP) is 7.81. The number of hydrogen-bond acceptors (Lipinski definition) is 3. The molecule has 1 atom stereocenters. The predicted molar refractivity (Wildman–Crippen MR) is 165 cm³/mol. The zero-order chi connectivity index (χ0) is 28.5. The van der Waals surface area contributed by atoms with Crippen LogP contribution in [0.15, 0.2) is 103 Å². The van der Waals surface area contributed by atoms with E-state index >= 15 is 0 Å². The Morgan fingerprint density at radius 2 is 1.18 bits per heavy atom. The number of phenolic OH excluding ortho intramolecular Hbond substituents is 1. The molecule has 0 aromatic heterocycles. The summed E-state index contributed by atoms with van der Waals surface area (Å²) >= 11 is 0. The van der Waals surface area contributed by atoms with E-state index in [9.17, 15) is 10.2 Å². The highest BCUT2D eigenvalue weighted by Crippen LogP contribution is 2.50. The maximum Gasteiger partial charge on any atom is 0.124 e. The van der Waals surface area contributed by atoms with Gasteiger partial charge in [-0.05, 0) is 67.0 Å². The van der Waals surface area contributed by atoms with Crippen LogP contribution >= 0.6 is 0 Å². The van der Waals surface area contributed by atoms with Gasteiger partial charge in [0.2, 0.25) is 0 Å². The first-order valence-electron chi connectivity index (χ1n) is 14.5. The number of benzene rings is 4. The summed E-state index contributed by atoms with van der Waals surface area (Å²) in [6.45, 7) is 12.0. The summed E-state index contributed by atoms with van der Waals surface area (Å²) in [5, 5.41) is 23.3. The second-order valence-corrected chi connectivity index (χ2v) is 12.9. The van der Waals surface area contributed by atoms with E-state index in [1.807, 2.05) is 32.0 Å². The first kappa shape index (κ1) is 28.1. The van der Waals surface area contributed by atoms with Gasteiger partial charge in [-0.1, -0.05) is 118 Å². The van der Waals surface area contributed by atoms with Crippen LogP contribution in [0.5, 0.6) is 5.75 Å². The van der Waals surface area contributed by atoms with Crippen molar-refractivity contribution in [1.29, 1.82) is 0 Å². The highest BCUT2D eigenvalue weighted by Gasteiger charge is 2.42. The zero-order valence-corrected chi connectivity index (χ0v) is 24.6. The van der Waals surface area contributed by atoms with E-state index in [0.29, 0.717) is 12.3 Å². The normalized spacial score (nSPS) is 16.8. The van der Waals surface area contributed by atoms with Crippen molar-refractivity contribution >= 4 is 0 Å². The lowest BCUT2D eigenvalue weighted by molar-refractivity contribution is -0.00523. The van der Waals surface area contributed by atoms with Crippen LogP contribution in [0.4, 0.5) is 0 Å². The largest absolute Gasteiger partial charge is 0.507 e. The minimum Gasteiger partial charge on any atom is -0.507 e. The lowest BCUT2D eigenvalue weighted by Crippen LogP contribution is -2.45. The topological polar surface area (TPSA) is 43.7 Å². The monoisotopic (exact) mass is 533 g/mol. The average molecular weight is 534 g/mol. The Balaban J connectivity index is 1.83. The highest BCUT2D eigenvalue weighted by atomic mass is 16.3. The van der Waals surface area contributed by atoms with E-state index in [1.165, 1.54) is 5.56 Å². The molecule has 0 spiro atoms. The van der Waals surface area contributed by atoms with Gasteiger partial charge in [0.05, 0.1) is 11.0 Å². The quantitative estimate of drug-likeness (QED) is 0.238. The minimum absolute atomic E-state index is 0.0516. The van der Waals surface area contributed by atoms with E-state index in [2.05, 4.69) is 111 Å². The first-order chi connectivity index (χ1) is 19.0. The summed E-state index contributed by atoms with van der Waals surface area (Å²) in [7, 11) is 0. The number of phenols is 1. The van der Waals surface area contributed by atoms with Gasteiger partial charge in [-0.15, -0.1) is 0 Å². The molecule has 5 rings (SSSR count). The molecule has 2 N–H and O–H groups in total. The van der Waals surface area contributed by atoms with Crippen molar-refractivity contribution in [2.45, 2.75) is 76.5 Å². The van der Waals surface area contributed by atoms with Crippen molar-refractivity contribution in [3.8, 4) is 5.75 Å². The molecule has 40 heavy (non-hydrogen) atoms. The molecule has 1 fully saturated rings. The molecule has 208 valence electrons. The molecule has 0 amide bonds. The number of hydrogen-bond donors (Lipinski definition) is 2. The highest BCUT2D eigenvalue weighted by molar-refractivity contribution is 5.65. The van der Waals surface area contributed by atoms with Crippen LogP contribution in [0.3, 0.4) is 0 Å². The lowest BCUT2D eigenvalue weighted by atomic mass is 9.63. The van der Waals surface area contributed by atoms with Gasteiger partial charge in [0.1, 0.15) is 5.75 Å². The average Bonchev–Trinajstić information content (AvgIpc) is 3.41. The molecule has 0 unspecified atom stereocenters. The second kappa shape index (κ2) is 10.9. The summed E-state index contributed by atoms with van der Waals surface area (Å²) < 4.78 is 0. The molecule has 3 heteroatoms. The zero-order valence-electron chi connectivity index (χ0n) is 24.6. The fraction of sp³-hybridized carbons (Fsp3) is 0.351. The molecule has 1 saturated heterocycles. The Hall–Kier alpha value is -3.40. The number of aromatic hydroxyl groups is 1. The van der Waals surface area contributed by atoms with Crippen LogP contribution < -0.4 is 0 Å². The van der Waals surface area contributed by atoms with E-state index in [1.54, 1.807) is 0 Å². The molecule has 4 aromatic rings. The van der Waals surface area contributed by atoms with Gasteiger partial charge in [0.25, 0.3) is 0 Å². The number of nitrogens with zero attached hydrogens (tertiary/aromatic N) is 1. The van der Waals surface area contributed by atoms with Crippen LogP contribution in [0.25, 0.3) is 0 Å². The van der Waals surface area contributed by atoms with Crippen LogP contribution in [0, 0.1) is 0 Å². The smallest absolute Gasteiger partial charge is 0.124 e. The van der Waals surface area contributed by atoms with Crippen molar-refractivity contribution < 1.29 is 10.2 Å². The number of rotatable bonds is 7. The molecular weight excluding hydrogens is 490 g/mol. The Kier molecular flexibility index (Phi) is 7.65. The van der Waals surface area contributed by atoms with Crippen molar-refractivity contribution in [3.63, 3.8) is 0 Å². The third-order valence-corrected chi connectivity index (χ3v) is 8.63. The SMILES string of the molecule is CC(C)(C)c1cc(CN2CCC[C@H]2C(C)(C)O)c(O)c(C(c2ccccc2)(c2ccccc2)c2ccccc2)c1. The number of likely N-dealkylation sites (tertiary alicyclic amines) is 1. The van der Waals surface area contributed by atoms with Crippen molar-refractivity contribution in [1.82, 2.24) is 4.90 Å². The number of aliphatic hydroxyl groups is 1. The standard InChI is InChI=1S/C37H43NO2/c1-35(2,3)31-24-27(26-38-23-15-22-33(38)36(4,5)40)34(39)32(25-31)37(28-16-9-6-10-17-28,29-18-11-7-12-19-29)30-20-13-8-14-21-30/h6-14,16-21,24-25,33,39-40H,15,22-23,26H2,1-5H3/t33-/m0/s1. The first-order valence-corrected chi connectivity index (χ1v) is 14.5.